The minimum Gasteiger partial charge on any atom is -0.486 e. The van der Waals surface area contributed by atoms with Crippen LogP contribution >= 0.6 is 23.7 Å². The summed E-state index contributed by atoms with van der Waals surface area (Å²) < 4.78 is 11.3. The number of carbonyl (C=O) groups is 1. The van der Waals surface area contributed by atoms with Crippen LogP contribution in [0.4, 0.5) is 5.69 Å². The van der Waals surface area contributed by atoms with Crippen LogP contribution in [0, 0.1) is 0 Å². The zero-order valence-electron chi connectivity index (χ0n) is 15.4. The van der Waals surface area contributed by atoms with Crippen LogP contribution in [0.25, 0.3) is 0 Å². The number of fused-ring (bicyclic) bond motifs is 1. The Morgan fingerprint density at radius 1 is 1.07 bits per heavy atom. The number of benzene rings is 1. The number of hydrogen-bond donors (Lipinski definition) is 1. The summed E-state index contributed by atoms with van der Waals surface area (Å²) in [5.74, 6) is 1.59. The lowest BCUT2D eigenvalue weighted by molar-refractivity contribution is -0.118. The van der Waals surface area contributed by atoms with Gasteiger partial charge in [0.25, 0.3) is 0 Å². The van der Waals surface area contributed by atoms with Crippen LogP contribution in [-0.2, 0) is 11.3 Å². The Hall–Kier alpha value is -1.76. The SMILES string of the molecule is Cl.NCCCCCCC(=O)N(Cc1cccs1)c1ccc2c(c1)OCCO2. The Bertz CT molecular complexity index is 709. The molecule has 148 valence electrons. The van der Waals surface area contributed by atoms with Gasteiger partial charge in [0.05, 0.1) is 6.54 Å². The van der Waals surface area contributed by atoms with E-state index in [1.807, 2.05) is 34.5 Å². The summed E-state index contributed by atoms with van der Waals surface area (Å²) in [5, 5.41) is 2.04. The largest absolute Gasteiger partial charge is 0.486 e. The van der Waals surface area contributed by atoms with Gasteiger partial charge >= 0.3 is 0 Å². The molecule has 1 aliphatic heterocycles. The molecule has 1 aromatic carbocycles. The number of anilines is 1. The summed E-state index contributed by atoms with van der Waals surface area (Å²) in [6.45, 7) is 2.40. The van der Waals surface area contributed by atoms with Gasteiger partial charge < -0.3 is 20.1 Å². The number of rotatable bonds is 9. The highest BCUT2D eigenvalue weighted by atomic mass is 35.5. The van der Waals surface area contributed by atoms with E-state index in [-0.39, 0.29) is 18.3 Å². The van der Waals surface area contributed by atoms with E-state index in [0.29, 0.717) is 31.9 Å². The van der Waals surface area contributed by atoms with E-state index in [1.54, 1.807) is 11.3 Å². The molecule has 0 aliphatic carbocycles. The van der Waals surface area contributed by atoms with E-state index < -0.39 is 0 Å². The van der Waals surface area contributed by atoms with Crippen LogP contribution in [0.5, 0.6) is 11.5 Å². The van der Waals surface area contributed by atoms with Crippen molar-refractivity contribution in [1.82, 2.24) is 0 Å². The van der Waals surface area contributed by atoms with Crippen molar-refractivity contribution in [3.63, 3.8) is 0 Å². The molecule has 5 nitrogen and oxygen atoms in total. The number of hydrogen-bond acceptors (Lipinski definition) is 5. The van der Waals surface area contributed by atoms with Crippen molar-refractivity contribution in [2.24, 2.45) is 5.73 Å². The van der Waals surface area contributed by atoms with Crippen molar-refractivity contribution in [3.05, 3.63) is 40.6 Å². The van der Waals surface area contributed by atoms with Gasteiger partial charge in [-0.2, -0.15) is 0 Å². The highest BCUT2D eigenvalue weighted by molar-refractivity contribution is 7.09. The molecule has 0 unspecified atom stereocenters. The van der Waals surface area contributed by atoms with Gasteiger partial charge in [-0.1, -0.05) is 18.9 Å². The van der Waals surface area contributed by atoms with E-state index in [9.17, 15) is 4.79 Å². The summed E-state index contributed by atoms with van der Waals surface area (Å²) in [5.41, 5.74) is 6.39. The van der Waals surface area contributed by atoms with Gasteiger partial charge in [0.15, 0.2) is 11.5 Å². The highest BCUT2D eigenvalue weighted by Gasteiger charge is 2.20. The van der Waals surface area contributed by atoms with E-state index in [1.165, 1.54) is 0 Å². The van der Waals surface area contributed by atoms with Gasteiger partial charge in [0, 0.05) is 23.1 Å². The van der Waals surface area contributed by atoms with Gasteiger partial charge in [0.2, 0.25) is 5.91 Å². The molecule has 0 spiro atoms. The predicted molar refractivity (Wildman–Crippen MR) is 112 cm³/mol. The molecule has 2 aromatic rings. The molecule has 2 N–H and O–H groups in total. The molecule has 7 heteroatoms. The number of thiophene rings is 1. The van der Waals surface area contributed by atoms with Crippen molar-refractivity contribution in [2.45, 2.75) is 38.6 Å². The number of carbonyl (C=O) groups excluding carboxylic acids is 1. The quantitative estimate of drug-likeness (QED) is 0.623. The lowest BCUT2D eigenvalue weighted by Crippen LogP contribution is -2.30. The van der Waals surface area contributed by atoms with Crippen molar-refractivity contribution in [3.8, 4) is 11.5 Å². The summed E-state index contributed by atoms with van der Waals surface area (Å²) in [7, 11) is 0. The second-order valence-electron chi connectivity index (χ2n) is 6.34. The minimum absolute atomic E-state index is 0. The first kappa shape index (κ1) is 21.5. The van der Waals surface area contributed by atoms with E-state index >= 15 is 0 Å². The molecule has 0 fully saturated rings. The maximum Gasteiger partial charge on any atom is 0.227 e. The molecule has 3 rings (SSSR count). The zero-order valence-corrected chi connectivity index (χ0v) is 17.0. The monoisotopic (exact) mass is 410 g/mol. The van der Waals surface area contributed by atoms with Crippen LogP contribution in [0.3, 0.4) is 0 Å². The fourth-order valence-electron chi connectivity index (χ4n) is 2.99. The molecular formula is C20H27ClN2O3S. The van der Waals surface area contributed by atoms with Crippen LogP contribution in [0.15, 0.2) is 35.7 Å². The van der Waals surface area contributed by atoms with Crippen LogP contribution < -0.4 is 20.1 Å². The number of nitrogens with two attached hydrogens (primary N) is 1. The van der Waals surface area contributed by atoms with E-state index in [0.717, 1.165) is 48.5 Å². The number of unbranched alkanes of at least 4 members (excludes halogenated alkanes) is 3. The van der Waals surface area contributed by atoms with E-state index in [2.05, 4.69) is 6.07 Å². The molecule has 0 saturated carbocycles. The Balaban J connectivity index is 0.00000261. The lowest BCUT2D eigenvalue weighted by Gasteiger charge is -2.25. The van der Waals surface area contributed by atoms with Gasteiger partial charge in [-0.25, -0.2) is 0 Å². The molecule has 2 heterocycles. The minimum atomic E-state index is 0. The fraction of sp³-hybridized carbons (Fsp3) is 0.450. The van der Waals surface area contributed by atoms with Crippen LogP contribution in [0.1, 0.15) is 37.0 Å². The predicted octanol–water partition coefficient (Wildman–Crippen LogP) is 4.38. The summed E-state index contributed by atoms with van der Waals surface area (Å²) in [6.07, 6.45) is 4.58. The standard InChI is InChI=1S/C20H26N2O3S.ClH/c21-10-4-2-1-3-7-20(23)22(15-17-6-5-13-26-17)16-8-9-18-19(14-16)25-12-11-24-18;/h5-6,8-9,13-14H,1-4,7,10-12,15,21H2;1H. The molecular weight excluding hydrogens is 384 g/mol. The third-order valence-corrected chi connectivity index (χ3v) is 5.24. The molecule has 1 amide bonds. The first-order chi connectivity index (χ1) is 12.8. The summed E-state index contributed by atoms with van der Waals surface area (Å²) in [4.78, 5) is 15.9. The summed E-state index contributed by atoms with van der Waals surface area (Å²) >= 11 is 1.66. The van der Waals surface area contributed by atoms with Crippen molar-refractivity contribution in [1.29, 1.82) is 0 Å². The Labute approximate surface area is 170 Å². The Morgan fingerprint density at radius 3 is 2.59 bits per heavy atom. The van der Waals surface area contributed by atoms with Gasteiger partial charge in [-0.05, 0) is 43.0 Å². The van der Waals surface area contributed by atoms with Crippen LogP contribution in [-0.4, -0.2) is 25.7 Å². The number of amides is 1. The molecule has 1 aliphatic rings. The van der Waals surface area contributed by atoms with Crippen molar-refractivity contribution in [2.75, 3.05) is 24.7 Å². The first-order valence-corrected chi connectivity index (χ1v) is 10.1. The average Bonchev–Trinajstić information content (AvgIpc) is 3.18. The average molecular weight is 411 g/mol. The van der Waals surface area contributed by atoms with E-state index in [4.69, 9.17) is 15.2 Å². The molecule has 27 heavy (non-hydrogen) atoms. The molecule has 0 radical (unpaired) electrons. The number of halogens is 1. The van der Waals surface area contributed by atoms with Gasteiger partial charge in [0.1, 0.15) is 13.2 Å². The molecule has 1 aromatic heterocycles. The maximum atomic E-state index is 12.9. The van der Waals surface area contributed by atoms with Gasteiger partial charge in [-0.15, -0.1) is 23.7 Å². The first-order valence-electron chi connectivity index (χ1n) is 9.20. The van der Waals surface area contributed by atoms with Crippen molar-refractivity contribution >= 4 is 35.3 Å². The fourth-order valence-corrected chi connectivity index (χ4v) is 3.68. The number of ether oxygens (including phenoxy) is 2. The number of nitrogens with zero attached hydrogens (tertiary/aromatic N) is 1. The Kier molecular flexibility index (Phi) is 8.91. The molecule has 0 atom stereocenters. The topological polar surface area (TPSA) is 64.8 Å². The molecule has 0 bridgehead atoms. The van der Waals surface area contributed by atoms with Crippen LogP contribution in [0.2, 0.25) is 0 Å². The third kappa shape index (κ3) is 6.13. The zero-order chi connectivity index (χ0) is 18.2. The Morgan fingerprint density at radius 2 is 1.85 bits per heavy atom. The normalized spacial score (nSPS) is 12.3. The third-order valence-electron chi connectivity index (χ3n) is 4.38. The second-order valence-corrected chi connectivity index (χ2v) is 7.37. The summed E-state index contributed by atoms with van der Waals surface area (Å²) in [6, 6.07) is 9.81. The van der Waals surface area contributed by atoms with Crippen molar-refractivity contribution < 1.29 is 14.3 Å². The highest BCUT2D eigenvalue weighted by Crippen LogP contribution is 2.35. The van der Waals surface area contributed by atoms with Gasteiger partial charge in [-0.3, -0.25) is 4.79 Å². The molecule has 0 saturated heterocycles. The lowest BCUT2D eigenvalue weighted by atomic mass is 10.1. The maximum absolute atomic E-state index is 12.9. The second kappa shape index (κ2) is 11.2. The smallest absolute Gasteiger partial charge is 0.227 e.